The molecule has 0 bridgehead atoms. The normalized spacial score (nSPS) is 10.5. The second-order valence-electron chi connectivity index (χ2n) is 7.88. The van der Waals surface area contributed by atoms with Crippen molar-refractivity contribution in [2.24, 2.45) is 0 Å². The zero-order valence-corrected chi connectivity index (χ0v) is 20.2. The van der Waals surface area contributed by atoms with E-state index in [4.69, 9.17) is 14.2 Å². The third-order valence-corrected chi connectivity index (χ3v) is 5.09. The largest absolute Gasteiger partial charge is 0.490 e. The van der Waals surface area contributed by atoms with Crippen LogP contribution in [0, 0.1) is 0 Å². The lowest BCUT2D eigenvalue weighted by Gasteiger charge is -2.13. The van der Waals surface area contributed by atoms with E-state index in [-0.39, 0.29) is 11.9 Å². The monoisotopic (exact) mass is 455 g/mol. The smallest absolute Gasteiger partial charge is 0.338 e. The predicted octanol–water partition coefficient (Wildman–Crippen LogP) is 6.18. The molecule has 0 aliphatic heterocycles. The van der Waals surface area contributed by atoms with Crippen molar-refractivity contribution in [1.29, 1.82) is 0 Å². The molecular weight excluding hydrogens is 418 g/mol. The first-order valence-corrected chi connectivity index (χ1v) is 12.0. The fraction of sp³-hybridized carbons (Fsp3) is 0.481. The highest BCUT2D eigenvalue weighted by Gasteiger charge is 2.10. The van der Waals surface area contributed by atoms with Crippen LogP contribution in [0.2, 0.25) is 0 Å². The number of anilines is 1. The van der Waals surface area contributed by atoms with Crippen molar-refractivity contribution in [2.75, 3.05) is 25.1 Å². The van der Waals surface area contributed by atoms with Gasteiger partial charge in [0.05, 0.1) is 25.4 Å². The molecule has 2 rings (SSSR count). The van der Waals surface area contributed by atoms with E-state index in [0.29, 0.717) is 49.7 Å². The van der Waals surface area contributed by atoms with Crippen molar-refractivity contribution in [1.82, 2.24) is 0 Å². The van der Waals surface area contributed by atoms with Crippen LogP contribution in [0.5, 0.6) is 11.5 Å². The summed E-state index contributed by atoms with van der Waals surface area (Å²) in [6.07, 6.45) is 5.99. The summed E-state index contributed by atoms with van der Waals surface area (Å²) in [6.45, 7) is 7.81. The Bertz CT molecular complexity index is 863. The highest BCUT2D eigenvalue weighted by Crippen LogP contribution is 2.29. The van der Waals surface area contributed by atoms with Crippen LogP contribution in [-0.4, -0.2) is 31.7 Å². The molecule has 2 aromatic rings. The van der Waals surface area contributed by atoms with E-state index in [9.17, 15) is 9.59 Å². The molecule has 1 amide bonds. The summed E-state index contributed by atoms with van der Waals surface area (Å²) < 4.78 is 16.8. The van der Waals surface area contributed by atoms with Crippen molar-refractivity contribution >= 4 is 17.6 Å². The number of rotatable bonds is 15. The fourth-order valence-electron chi connectivity index (χ4n) is 3.19. The maximum absolute atomic E-state index is 12.4. The van der Waals surface area contributed by atoms with E-state index in [0.717, 1.165) is 43.4 Å². The van der Waals surface area contributed by atoms with E-state index in [1.54, 1.807) is 24.3 Å². The van der Waals surface area contributed by atoms with Gasteiger partial charge in [0.25, 0.3) is 0 Å². The molecule has 1 N–H and O–H groups in total. The van der Waals surface area contributed by atoms with Gasteiger partial charge in [-0.3, -0.25) is 4.79 Å². The lowest BCUT2D eigenvalue weighted by Crippen LogP contribution is -2.13. The maximum Gasteiger partial charge on any atom is 0.338 e. The first-order chi connectivity index (χ1) is 16.1. The topological polar surface area (TPSA) is 73.9 Å². The average Bonchev–Trinajstić information content (AvgIpc) is 2.82. The van der Waals surface area contributed by atoms with Crippen LogP contribution in [0.1, 0.15) is 75.2 Å². The van der Waals surface area contributed by atoms with Gasteiger partial charge < -0.3 is 19.5 Å². The molecule has 6 nitrogen and oxygen atoms in total. The van der Waals surface area contributed by atoms with Crippen LogP contribution < -0.4 is 14.8 Å². The molecule has 0 aliphatic rings. The standard InChI is InChI=1S/C27H37NO5/c1-4-7-9-19-33-27(30)22-12-14-23(15-13-22)28-26(29)17-11-21-10-16-24(32-18-8-5-2)25(20-21)31-6-3/h10,12-16,20H,4-9,11,17-19H2,1-3H3,(H,28,29). The quantitative estimate of drug-likeness (QED) is 0.256. The van der Waals surface area contributed by atoms with Gasteiger partial charge in [0.2, 0.25) is 5.91 Å². The minimum Gasteiger partial charge on any atom is -0.490 e. The predicted molar refractivity (Wildman–Crippen MR) is 131 cm³/mol. The zero-order chi connectivity index (χ0) is 23.9. The number of unbranched alkanes of at least 4 members (excludes halogenated alkanes) is 3. The number of carbonyl (C=O) groups is 2. The van der Waals surface area contributed by atoms with Gasteiger partial charge in [-0.25, -0.2) is 4.79 Å². The molecule has 0 aromatic heterocycles. The van der Waals surface area contributed by atoms with E-state index in [2.05, 4.69) is 19.2 Å². The Morgan fingerprint density at radius 1 is 0.818 bits per heavy atom. The van der Waals surface area contributed by atoms with Crippen LogP contribution in [0.15, 0.2) is 42.5 Å². The van der Waals surface area contributed by atoms with Crippen molar-refractivity contribution in [3.8, 4) is 11.5 Å². The highest BCUT2D eigenvalue weighted by atomic mass is 16.5. The molecule has 0 heterocycles. The Labute approximate surface area is 197 Å². The Morgan fingerprint density at radius 2 is 1.58 bits per heavy atom. The molecule has 0 radical (unpaired) electrons. The van der Waals surface area contributed by atoms with Crippen molar-refractivity contribution < 1.29 is 23.8 Å². The van der Waals surface area contributed by atoms with Crippen LogP contribution >= 0.6 is 0 Å². The zero-order valence-electron chi connectivity index (χ0n) is 20.2. The van der Waals surface area contributed by atoms with Crippen LogP contribution in [0.25, 0.3) is 0 Å². The molecule has 0 spiro atoms. The second-order valence-corrected chi connectivity index (χ2v) is 7.88. The van der Waals surface area contributed by atoms with Gasteiger partial charge in [-0.05, 0) is 68.1 Å². The summed E-state index contributed by atoms with van der Waals surface area (Å²) in [7, 11) is 0. The lowest BCUT2D eigenvalue weighted by atomic mass is 10.1. The van der Waals surface area contributed by atoms with Gasteiger partial charge in [0.1, 0.15) is 0 Å². The van der Waals surface area contributed by atoms with Gasteiger partial charge >= 0.3 is 5.97 Å². The van der Waals surface area contributed by atoms with Crippen LogP contribution in [0.4, 0.5) is 5.69 Å². The molecule has 2 aromatic carbocycles. The third kappa shape index (κ3) is 9.56. The third-order valence-electron chi connectivity index (χ3n) is 5.09. The molecule has 0 saturated heterocycles. The van der Waals surface area contributed by atoms with Crippen LogP contribution in [0.3, 0.4) is 0 Å². The minimum absolute atomic E-state index is 0.0916. The number of benzene rings is 2. The number of aryl methyl sites for hydroxylation is 1. The summed E-state index contributed by atoms with van der Waals surface area (Å²) in [5.74, 6) is 1.02. The summed E-state index contributed by atoms with van der Waals surface area (Å²) in [4.78, 5) is 24.4. The van der Waals surface area contributed by atoms with E-state index < -0.39 is 0 Å². The van der Waals surface area contributed by atoms with Gasteiger partial charge in [-0.2, -0.15) is 0 Å². The molecule has 0 fully saturated rings. The van der Waals surface area contributed by atoms with Gasteiger partial charge in [0, 0.05) is 12.1 Å². The Balaban J connectivity index is 1.84. The maximum atomic E-state index is 12.4. The number of amides is 1. The first kappa shape index (κ1) is 26.2. The second kappa shape index (κ2) is 14.9. The molecule has 180 valence electrons. The minimum atomic E-state index is -0.337. The van der Waals surface area contributed by atoms with E-state index >= 15 is 0 Å². The average molecular weight is 456 g/mol. The first-order valence-electron chi connectivity index (χ1n) is 12.0. The molecule has 0 saturated carbocycles. The Hall–Kier alpha value is -3.02. The fourth-order valence-corrected chi connectivity index (χ4v) is 3.19. The number of nitrogens with one attached hydrogen (secondary N) is 1. The lowest BCUT2D eigenvalue weighted by molar-refractivity contribution is -0.116. The molecule has 33 heavy (non-hydrogen) atoms. The summed E-state index contributed by atoms with van der Waals surface area (Å²) >= 11 is 0. The summed E-state index contributed by atoms with van der Waals surface area (Å²) in [5, 5.41) is 2.88. The van der Waals surface area contributed by atoms with Crippen LogP contribution in [-0.2, 0) is 16.0 Å². The number of hydrogen-bond donors (Lipinski definition) is 1. The molecule has 0 unspecified atom stereocenters. The molecule has 0 aliphatic carbocycles. The van der Waals surface area contributed by atoms with Gasteiger partial charge in [-0.15, -0.1) is 0 Å². The molecule has 6 heteroatoms. The van der Waals surface area contributed by atoms with Crippen molar-refractivity contribution in [2.45, 2.75) is 65.7 Å². The highest BCUT2D eigenvalue weighted by molar-refractivity contribution is 5.93. The van der Waals surface area contributed by atoms with Crippen molar-refractivity contribution in [3.05, 3.63) is 53.6 Å². The molecule has 0 atom stereocenters. The van der Waals surface area contributed by atoms with E-state index in [1.807, 2.05) is 25.1 Å². The number of carbonyl (C=O) groups excluding carboxylic acids is 2. The molecular formula is C27H37NO5. The summed E-state index contributed by atoms with van der Waals surface area (Å²) in [6, 6.07) is 12.6. The Kier molecular flexibility index (Phi) is 11.9. The number of ether oxygens (including phenoxy) is 3. The van der Waals surface area contributed by atoms with Gasteiger partial charge in [0.15, 0.2) is 11.5 Å². The SMILES string of the molecule is CCCCCOC(=O)c1ccc(NC(=O)CCc2ccc(OCCCC)c(OCC)c2)cc1. The summed E-state index contributed by atoms with van der Waals surface area (Å²) in [5.41, 5.74) is 2.14. The Morgan fingerprint density at radius 3 is 2.27 bits per heavy atom. The number of esters is 1. The number of hydrogen-bond acceptors (Lipinski definition) is 5. The van der Waals surface area contributed by atoms with Crippen molar-refractivity contribution in [3.63, 3.8) is 0 Å². The van der Waals surface area contributed by atoms with E-state index in [1.165, 1.54) is 0 Å². The van der Waals surface area contributed by atoms with Gasteiger partial charge in [-0.1, -0.05) is 39.2 Å².